The van der Waals surface area contributed by atoms with Crippen LogP contribution in [0.4, 0.5) is 24.5 Å². The number of fused-ring (bicyclic) bond motifs is 1. The molecule has 3 aromatic rings. The molecule has 4 N–H and O–H groups in total. The molecule has 5 saturated heterocycles. The molecule has 5 aliphatic rings. The highest BCUT2D eigenvalue weighted by molar-refractivity contribution is 5.97. The molecule has 8 rings (SSSR count). The van der Waals surface area contributed by atoms with Crippen LogP contribution in [-0.4, -0.2) is 115 Å². The van der Waals surface area contributed by atoms with Gasteiger partial charge in [0.25, 0.3) is 5.56 Å². The number of aromatic nitrogens is 2. The van der Waals surface area contributed by atoms with E-state index in [1.54, 1.807) is 18.2 Å². The predicted octanol–water partition coefficient (Wildman–Crippen LogP) is 5.18. The summed E-state index contributed by atoms with van der Waals surface area (Å²) < 4.78 is 58.2. The summed E-state index contributed by atoms with van der Waals surface area (Å²) in [4.78, 5) is 57.7. The van der Waals surface area contributed by atoms with Crippen LogP contribution in [-0.2, 0) is 30.5 Å². The highest BCUT2D eigenvalue weighted by Gasteiger charge is 2.38. The number of likely N-dealkylation sites (tertiary alicyclic amines) is 2. The number of amides is 2. The molecule has 14 nitrogen and oxygen atoms in total. The van der Waals surface area contributed by atoms with E-state index >= 15 is 0 Å². The van der Waals surface area contributed by atoms with Crippen molar-refractivity contribution in [2.24, 2.45) is 5.92 Å². The first-order valence-corrected chi connectivity index (χ1v) is 21.3. The number of ketones is 1. The molecule has 0 saturated carbocycles. The quantitative estimate of drug-likeness (QED) is 0.139. The zero-order valence-corrected chi connectivity index (χ0v) is 35.1. The molecule has 5 fully saturated rings. The molecule has 17 heteroatoms. The number of halogens is 3. The summed E-state index contributed by atoms with van der Waals surface area (Å²) in [5, 5.41) is 2.14. The molecule has 2 aromatic carbocycles. The number of ether oxygens (including phenoxy) is 3. The molecule has 1 aromatic heterocycles. The Morgan fingerprint density at radius 2 is 1.59 bits per heavy atom. The van der Waals surface area contributed by atoms with Crippen molar-refractivity contribution in [3.63, 3.8) is 0 Å². The van der Waals surface area contributed by atoms with Gasteiger partial charge in [0.15, 0.2) is 5.78 Å². The van der Waals surface area contributed by atoms with Crippen molar-refractivity contribution in [3.05, 3.63) is 70.0 Å². The van der Waals surface area contributed by atoms with Crippen molar-refractivity contribution in [2.45, 2.75) is 96.4 Å². The number of hydrogen-bond acceptors (Lipinski definition) is 12. The molecular weight excluding hydrogens is 796 g/mol. The third-order valence-electron chi connectivity index (χ3n) is 11.7. The van der Waals surface area contributed by atoms with Gasteiger partial charge < -0.3 is 29.8 Å². The van der Waals surface area contributed by atoms with Crippen LogP contribution in [0.25, 0.3) is 10.9 Å². The summed E-state index contributed by atoms with van der Waals surface area (Å²) in [6.07, 6.45) is 8.49. The summed E-state index contributed by atoms with van der Waals surface area (Å²) in [6.45, 7) is 10.5. The van der Waals surface area contributed by atoms with Gasteiger partial charge in [-0.2, -0.15) is 0 Å². The monoisotopic (exact) mass is 853 g/mol. The number of anilines is 2. The standard InChI is InChI=1S/C34H44F2N6O4.C5H7FO.C5H7NO2/c35-28-15-23(37)1-2-31(28)41-11-5-24(6-12-41)42-18-25(19-42)40-9-3-22(4-10-40)20-45-27-16-29(36)33-30(17-27)38-32(39-34(33)43)21-46-26-7-13-44-14-8-26;1-4(6)3-5(2)7;7-4-2-1-3-5(8)6-4/h1-2,15-17,22,24-26H,3-14,18-21,37H2,(H,38,39,43);3H,1-2H3;1-3H2,(H,6,7,8)/b;4-3-;. The maximum Gasteiger partial charge on any atom is 0.261 e. The minimum atomic E-state index is -0.634. The van der Waals surface area contributed by atoms with Crippen LogP contribution in [0.5, 0.6) is 5.75 Å². The fourth-order valence-electron chi connectivity index (χ4n) is 8.38. The van der Waals surface area contributed by atoms with Crippen molar-refractivity contribution < 1.29 is 41.8 Å². The summed E-state index contributed by atoms with van der Waals surface area (Å²) in [5.74, 6) is -0.681. The number of carbonyl (C=O) groups is 3. The van der Waals surface area contributed by atoms with Gasteiger partial charge in [-0.05, 0) is 96.0 Å². The van der Waals surface area contributed by atoms with E-state index in [0.717, 1.165) is 83.9 Å². The Bertz CT molecular complexity index is 2060. The maximum absolute atomic E-state index is 14.9. The zero-order valence-electron chi connectivity index (χ0n) is 35.1. The average Bonchev–Trinajstić information content (AvgIpc) is 3.20. The first-order chi connectivity index (χ1) is 29.3. The fourth-order valence-corrected chi connectivity index (χ4v) is 8.38. The van der Waals surface area contributed by atoms with Gasteiger partial charge in [-0.15, -0.1) is 0 Å². The van der Waals surface area contributed by atoms with E-state index in [1.807, 2.05) is 0 Å². The van der Waals surface area contributed by atoms with Crippen LogP contribution in [0.3, 0.4) is 0 Å². The van der Waals surface area contributed by atoms with Crippen molar-refractivity contribution >= 4 is 39.9 Å². The van der Waals surface area contributed by atoms with E-state index in [9.17, 15) is 32.3 Å². The Hall–Kier alpha value is -4.84. The van der Waals surface area contributed by atoms with Crippen LogP contribution in [0.2, 0.25) is 0 Å². The van der Waals surface area contributed by atoms with Crippen LogP contribution in [0.15, 0.2) is 47.0 Å². The summed E-state index contributed by atoms with van der Waals surface area (Å²) in [5.41, 5.74) is 6.59. The number of allylic oxidation sites excluding steroid dienone is 2. The lowest BCUT2D eigenvalue weighted by atomic mass is 9.92. The van der Waals surface area contributed by atoms with Gasteiger partial charge in [0.2, 0.25) is 11.8 Å². The largest absolute Gasteiger partial charge is 0.493 e. The number of nitrogens with one attached hydrogen (secondary N) is 2. The number of aromatic amines is 1. The van der Waals surface area contributed by atoms with E-state index in [-0.39, 0.29) is 47.0 Å². The van der Waals surface area contributed by atoms with Gasteiger partial charge in [0, 0.05) is 88.2 Å². The van der Waals surface area contributed by atoms with E-state index in [0.29, 0.717) is 80.0 Å². The normalized spacial score (nSPS) is 20.3. The SMILES string of the molecule is CC(=O)/C=C(/C)F.Nc1ccc(N2CCC(N3CC(N4CCC(COc5cc(F)c6c(=O)[nH]c(COC7CCOCC7)nc6c5)CC4)C3)CC2)c(F)c1.O=C1CCCC(=O)N1. The molecule has 332 valence electrons. The Kier molecular flexibility index (Phi) is 16.3. The number of carbonyl (C=O) groups excluding carboxylic acids is 3. The van der Waals surface area contributed by atoms with Crippen molar-refractivity contribution in [1.82, 2.24) is 25.1 Å². The molecule has 0 unspecified atom stereocenters. The molecule has 0 aliphatic carbocycles. The maximum atomic E-state index is 14.9. The predicted molar refractivity (Wildman–Crippen MR) is 225 cm³/mol. The van der Waals surface area contributed by atoms with Crippen molar-refractivity contribution in [3.8, 4) is 5.75 Å². The molecule has 5 aliphatic heterocycles. The number of piperidine rings is 3. The molecule has 0 radical (unpaired) electrons. The number of nitrogens with zero attached hydrogens (tertiary/aromatic N) is 4. The molecule has 6 heterocycles. The lowest BCUT2D eigenvalue weighted by molar-refractivity contribution is -0.133. The first kappa shape index (κ1) is 45.7. The number of hydrogen-bond donors (Lipinski definition) is 3. The second-order valence-electron chi connectivity index (χ2n) is 16.4. The highest BCUT2D eigenvalue weighted by atomic mass is 19.1. The van der Waals surface area contributed by atoms with E-state index in [2.05, 4.69) is 30.0 Å². The number of imide groups is 1. The molecule has 0 atom stereocenters. The van der Waals surface area contributed by atoms with Gasteiger partial charge in [-0.25, -0.2) is 18.2 Å². The van der Waals surface area contributed by atoms with Gasteiger partial charge in [-0.1, -0.05) is 0 Å². The van der Waals surface area contributed by atoms with Gasteiger partial charge in [0.1, 0.15) is 41.0 Å². The average molecular weight is 854 g/mol. The third kappa shape index (κ3) is 13.3. The minimum Gasteiger partial charge on any atom is -0.493 e. The highest BCUT2D eigenvalue weighted by Crippen LogP contribution is 2.31. The zero-order chi connectivity index (χ0) is 43.5. The Morgan fingerprint density at radius 3 is 2.18 bits per heavy atom. The van der Waals surface area contributed by atoms with Gasteiger partial charge in [0.05, 0.1) is 23.9 Å². The Labute approximate surface area is 354 Å². The fraction of sp³-hybridized carbons (Fsp3) is 0.568. The molecular formula is C44H58F3N7O7. The second kappa shape index (κ2) is 21.8. The summed E-state index contributed by atoms with van der Waals surface area (Å²) in [7, 11) is 0. The van der Waals surface area contributed by atoms with Crippen molar-refractivity contribution in [2.75, 3.05) is 69.7 Å². The molecule has 0 bridgehead atoms. The third-order valence-corrected chi connectivity index (χ3v) is 11.7. The minimum absolute atomic E-state index is 0.0636. The number of benzene rings is 2. The van der Waals surface area contributed by atoms with E-state index in [1.165, 1.54) is 26.0 Å². The Morgan fingerprint density at radius 1 is 0.902 bits per heavy atom. The van der Waals surface area contributed by atoms with Gasteiger partial charge >= 0.3 is 0 Å². The smallest absolute Gasteiger partial charge is 0.261 e. The number of rotatable bonds is 10. The van der Waals surface area contributed by atoms with E-state index < -0.39 is 17.2 Å². The van der Waals surface area contributed by atoms with Crippen LogP contribution in [0.1, 0.15) is 77.5 Å². The summed E-state index contributed by atoms with van der Waals surface area (Å²) >= 11 is 0. The Balaban J connectivity index is 0.000000352. The lowest BCUT2D eigenvalue weighted by Gasteiger charge is -2.52. The number of nitrogens with two attached hydrogens (primary N) is 1. The number of nitrogen functional groups attached to an aromatic ring is 1. The topological polar surface area (TPSA) is 172 Å². The molecule has 2 amide bonds. The van der Waals surface area contributed by atoms with Crippen LogP contribution < -0.4 is 26.2 Å². The molecule has 61 heavy (non-hydrogen) atoms. The van der Waals surface area contributed by atoms with Crippen LogP contribution >= 0.6 is 0 Å². The van der Waals surface area contributed by atoms with E-state index in [4.69, 9.17) is 19.9 Å². The van der Waals surface area contributed by atoms with Gasteiger partial charge in [-0.3, -0.25) is 34.3 Å². The second-order valence-corrected chi connectivity index (χ2v) is 16.4. The first-order valence-electron chi connectivity index (χ1n) is 21.3. The van der Waals surface area contributed by atoms with Crippen molar-refractivity contribution in [1.29, 1.82) is 0 Å². The number of H-pyrrole nitrogens is 1. The lowest BCUT2D eigenvalue weighted by Crippen LogP contribution is -2.64. The summed E-state index contributed by atoms with van der Waals surface area (Å²) in [6, 6.07) is 9.04. The molecule has 0 spiro atoms. The van der Waals surface area contributed by atoms with Crippen LogP contribution in [0, 0.1) is 17.6 Å².